The Balaban J connectivity index is 3.63. The van der Waals surface area contributed by atoms with Crippen LogP contribution in [0.25, 0.3) is 0 Å². The SMILES string of the molecule is C/C(=C/C[NH+]=C(N)N)CO. The number of aliphatic hydroxyl groups is 1. The molecule has 0 atom stereocenters. The van der Waals surface area contributed by atoms with Gasteiger partial charge in [-0.3, -0.25) is 16.5 Å². The summed E-state index contributed by atoms with van der Waals surface area (Å²) < 4.78 is 0. The molecule has 10 heavy (non-hydrogen) atoms. The van der Waals surface area contributed by atoms with Gasteiger partial charge in [-0.25, -0.2) is 0 Å². The lowest BCUT2D eigenvalue weighted by atomic mass is 10.3. The fourth-order valence-corrected chi connectivity index (χ4v) is 0.408. The second kappa shape index (κ2) is 4.81. The molecule has 0 amide bonds. The number of aliphatic hydroxyl groups excluding tert-OH is 1. The number of hydrogen-bond donors (Lipinski definition) is 4. The average molecular weight is 144 g/mol. The first-order valence-corrected chi connectivity index (χ1v) is 3.05. The van der Waals surface area contributed by atoms with Crippen LogP contribution >= 0.6 is 0 Å². The molecule has 0 aliphatic carbocycles. The zero-order valence-electron chi connectivity index (χ0n) is 6.09. The highest BCUT2D eigenvalue weighted by molar-refractivity contribution is 5.69. The standard InChI is InChI=1S/C6H13N3O/c1-5(4-10)2-3-9-6(7)8/h2,10H,3-4H2,1H3,(H4,7,8,9)/p+1/b5-2-. The van der Waals surface area contributed by atoms with Crippen molar-refractivity contribution in [3.05, 3.63) is 11.6 Å². The van der Waals surface area contributed by atoms with Crippen molar-refractivity contribution >= 4 is 5.96 Å². The average Bonchev–Trinajstić information content (AvgIpc) is 1.87. The maximum Gasteiger partial charge on any atom is 0.339 e. The number of nitrogens with one attached hydrogen (secondary N) is 1. The van der Waals surface area contributed by atoms with Crippen LogP contribution in [-0.4, -0.2) is 24.2 Å². The summed E-state index contributed by atoms with van der Waals surface area (Å²) in [5, 5.41) is 8.53. The van der Waals surface area contributed by atoms with Crippen molar-refractivity contribution in [1.29, 1.82) is 0 Å². The molecular formula is C6H14N3O+. The molecule has 6 N–H and O–H groups in total. The summed E-state index contributed by atoms with van der Waals surface area (Å²) in [6, 6.07) is 0. The van der Waals surface area contributed by atoms with Gasteiger partial charge in [-0.2, -0.15) is 0 Å². The summed E-state index contributed by atoms with van der Waals surface area (Å²) in [4.78, 5) is 2.70. The topological polar surface area (TPSA) is 86.2 Å². The lowest BCUT2D eigenvalue weighted by molar-refractivity contribution is -0.446. The molecule has 0 spiro atoms. The van der Waals surface area contributed by atoms with Crippen molar-refractivity contribution in [2.75, 3.05) is 13.2 Å². The quantitative estimate of drug-likeness (QED) is 0.197. The van der Waals surface area contributed by atoms with E-state index in [1.54, 1.807) is 0 Å². The Morgan fingerprint density at radius 3 is 2.60 bits per heavy atom. The maximum absolute atomic E-state index is 8.53. The largest absolute Gasteiger partial charge is 0.392 e. The van der Waals surface area contributed by atoms with Crippen LogP contribution in [0.2, 0.25) is 0 Å². The van der Waals surface area contributed by atoms with E-state index >= 15 is 0 Å². The number of guanidine groups is 1. The van der Waals surface area contributed by atoms with E-state index < -0.39 is 0 Å². The van der Waals surface area contributed by atoms with Crippen molar-refractivity contribution in [3.63, 3.8) is 0 Å². The molecule has 4 nitrogen and oxygen atoms in total. The molecule has 58 valence electrons. The van der Waals surface area contributed by atoms with Crippen LogP contribution in [0.3, 0.4) is 0 Å². The summed E-state index contributed by atoms with van der Waals surface area (Å²) >= 11 is 0. The molecule has 0 aromatic rings. The fraction of sp³-hybridized carbons (Fsp3) is 0.500. The second-order valence-electron chi connectivity index (χ2n) is 2.04. The van der Waals surface area contributed by atoms with Crippen LogP contribution in [0.15, 0.2) is 11.6 Å². The highest BCUT2D eigenvalue weighted by atomic mass is 16.3. The summed E-state index contributed by atoms with van der Waals surface area (Å²) in [6.07, 6.45) is 1.82. The van der Waals surface area contributed by atoms with E-state index in [1.807, 2.05) is 13.0 Å². The van der Waals surface area contributed by atoms with Gasteiger partial charge in [0.2, 0.25) is 0 Å². The lowest BCUT2D eigenvalue weighted by Crippen LogP contribution is -2.77. The Bertz CT molecular complexity index is 147. The predicted molar refractivity (Wildman–Crippen MR) is 40.1 cm³/mol. The van der Waals surface area contributed by atoms with Crippen LogP contribution < -0.4 is 16.5 Å². The highest BCUT2D eigenvalue weighted by Gasteiger charge is 1.85. The van der Waals surface area contributed by atoms with Gasteiger partial charge in [-0.05, 0) is 18.6 Å². The predicted octanol–water partition coefficient (Wildman–Crippen LogP) is -2.72. The van der Waals surface area contributed by atoms with Gasteiger partial charge >= 0.3 is 5.96 Å². The first-order chi connectivity index (χ1) is 4.66. The third-order valence-corrected chi connectivity index (χ3v) is 1.01. The van der Waals surface area contributed by atoms with Crippen molar-refractivity contribution in [3.8, 4) is 0 Å². The Morgan fingerprint density at radius 2 is 2.20 bits per heavy atom. The molecule has 0 aromatic heterocycles. The second-order valence-corrected chi connectivity index (χ2v) is 2.04. The molecule has 0 aromatic carbocycles. The summed E-state index contributed by atoms with van der Waals surface area (Å²) in [6.45, 7) is 2.47. The van der Waals surface area contributed by atoms with Crippen LogP contribution in [0, 0.1) is 0 Å². The summed E-state index contributed by atoms with van der Waals surface area (Å²) in [5.41, 5.74) is 11.1. The van der Waals surface area contributed by atoms with Crippen LogP contribution in [0.5, 0.6) is 0 Å². The molecule has 0 unspecified atom stereocenters. The highest BCUT2D eigenvalue weighted by Crippen LogP contribution is 1.84. The fourth-order valence-electron chi connectivity index (χ4n) is 0.408. The third-order valence-electron chi connectivity index (χ3n) is 1.01. The van der Waals surface area contributed by atoms with Crippen LogP contribution in [0.4, 0.5) is 0 Å². The summed E-state index contributed by atoms with van der Waals surface area (Å²) in [7, 11) is 0. The molecule has 0 saturated heterocycles. The van der Waals surface area contributed by atoms with E-state index in [2.05, 4.69) is 4.99 Å². The Morgan fingerprint density at radius 1 is 1.60 bits per heavy atom. The zero-order valence-corrected chi connectivity index (χ0v) is 6.09. The minimum Gasteiger partial charge on any atom is -0.392 e. The smallest absolute Gasteiger partial charge is 0.339 e. The van der Waals surface area contributed by atoms with Gasteiger partial charge in [0.25, 0.3) is 0 Å². The van der Waals surface area contributed by atoms with Crippen molar-refractivity contribution in [1.82, 2.24) is 0 Å². The van der Waals surface area contributed by atoms with Gasteiger partial charge in [0.15, 0.2) is 0 Å². The maximum atomic E-state index is 8.53. The molecule has 0 rings (SSSR count). The minimum absolute atomic E-state index is 0.0756. The zero-order chi connectivity index (χ0) is 7.98. The van der Waals surface area contributed by atoms with Gasteiger partial charge in [0, 0.05) is 0 Å². The van der Waals surface area contributed by atoms with Gasteiger partial charge in [0.1, 0.15) is 0 Å². The Labute approximate surface area is 60.2 Å². The van der Waals surface area contributed by atoms with Crippen LogP contribution in [0.1, 0.15) is 6.92 Å². The van der Waals surface area contributed by atoms with E-state index in [4.69, 9.17) is 16.6 Å². The molecule has 0 bridgehead atoms. The summed E-state index contributed by atoms with van der Waals surface area (Å²) in [5.74, 6) is 0.196. The van der Waals surface area contributed by atoms with Gasteiger partial charge in [0.05, 0.1) is 13.2 Å². The minimum atomic E-state index is 0.0756. The van der Waals surface area contributed by atoms with E-state index in [0.717, 1.165) is 5.57 Å². The molecule has 0 radical (unpaired) electrons. The normalized spacial score (nSPS) is 11.2. The van der Waals surface area contributed by atoms with E-state index in [9.17, 15) is 0 Å². The number of hydrogen-bond acceptors (Lipinski definition) is 1. The molecule has 4 heteroatoms. The van der Waals surface area contributed by atoms with Crippen LogP contribution in [-0.2, 0) is 0 Å². The molecule has 0 aliphatic rings. The van der Waals surface area contributed by atoms with Crippen molar-refractivity contribution in [2.45, 2.75) is 6.92 Å². The molecule has 0 saturated carbocycles. The van der Waals surface area contributed by atoms with E-state index in [0.29, 0.717) is 6.54 Å². The van der Waals surface area contributed by atoms with E-state index in [-0.39, 0.29) is 12.6 Å². The first-order valence-electron chi connectivity index (χ1n) is 3.05. The molecular weight excluding hydrogens is 130 g/mol. The lowest BCUT2D eigenvalue weighted by Gasteiger charge is -1.90. The Kier molecular flexibility index (Phi) is 4.32. The van der Waals surface area contributed by atoms with Crippen molar-refractivity contribution in [2.24, 2.45) is 11.5 Å². The first kappa shape index (κ1) is 8.97. The van der Waals surface area contributed by atoms with Crippen molar-refractivity contribution < 1.29 is 10.1 Å². The molecule has 0 heterocycles. The van der Waals surface area contributed by atoms with E-state index in [1.165, 1.54) is 0 Å². The number of rotatable bonds is 3. The number of nitrogens with two attached hydrogens (primary N) is 2. The van der Waals surface area contributed by atoms with Gasteiger partial charge in [-0.1, -0.05) is 0 Å². The monoisotopic (exact) mass is 144 g/mol. The molecule has 0 aliphatic heterocycles. The third kappa shape index (κ3) is 5.11. The Hall–Kier alpha value is -1.03. The van der Waals surface area contributed by atoms with Gasteiger partial charge < -0.3 is 5.11 Å². The van der Waals surface area contributed by atoms with Gasteiger partial charge in [-0.15, -0.1) is 0 Å². The molecule has 0 fully saturated rings.